The number of ether oxygens (including phenoxy) is 1. The summed E-state index contributed by atoms with van der Waals surface area (Å²) in [6.07, 6.45) is 8.86. The minimum absolute atomic E-state index is 0.00101. The van der Waals surface area contributed by atoms with Gasteiger partial charge in [-0.25, -0.2) is 0 Å². The number of carbonyl (C=O) groups is 1. The number of methoxy groups -OCH3 is 1. The molecule has 4 heteroatoms. The van der Waals surface area contributed by atoms with Crippen molar-refractivity contribution in [3.05, 3.63) is 78.1 Å². The largest absolute Gasteiger partial charge is 0.367 e. The molecule has 0 spiro atoms. The van der Waals surface area contributed by atoms with Crippen molar-refractivity contribution in [3.8, 4) is 0 Å². The van der Waals surface area contributed by atoms with Crippen LogP contribution in [0.5, 0.6) is 0 Å². The van der Waals surface area contributed by atoms with Gasteiger partial charge in [0.2, 0.25) is 0 Å². The molecule has 0 radical (unpaired) electrons. The molecule has 0 saturated carbocycles. The number of carbonyl (C=O) groups excluding carboxylic acids is 1. The zero-order valence-corrected chi connectivity index (χ0v) is 15.3. The first-order chi connectivity index (χ1) is 12.8. The number of hydrogen-bond acceptors (Lipinski definition) is 3. The van der Waals surface area contributed by atoms with Crippen LogP contribution in [-0.4, -0.2) is 29.4 Å². The molecular weight excluding hydrogens is 324 g/mol. The van der Waals surface area contributed by atoms with Crippen molar-refractivity contribution < 1.29 is 9.53 Å². The quantitative estimate of drug-likeness (QED) is 0.704. The van der Waals surface area contributed by atoms with Crippen LogP contribution in [0.2, 0.25) is 0 Å². The van der Waals surface area contributed by atoms with Gasteiger partial charge in [-0.3, -0.25) is 9.78 Å². The first kappa shape index (κ1) is 18.3. The molecule has 4 nitrogen and oxygen atoms in total. The second-order valence-corrected chi connectivity index (χ2v) is 6.72. The molecule has 0 saturated heterocycles. The Morgan fingerprint density at radius 3 is 2.65 bits per heavy atom. The van der Waals surface area contributed by atoms with Gasteiger partial charge in [0.05, 0.1) is 12.2 Å². The molecule has 1 aromatic heterocycles. The van der Waals surface area contributed by atoms with Gasteiger partial charge >= 0.3 is 0 Å². The molecule has 26 heavy (non-hydrogen) atoms. The fraction of sp³-hybridized carbons (Fsp3) is 0.364. The summed E-state index contributed by atoms with van der Waals surface area (Å²) in [5, 5.41) is 0. The number of aromatic nitrogens is 1. The molecule has 1 amide bonds. The Morgan fingerprint density at radius 1 is 1.19 bits per heavy atom. The number of amides is 1. The Hall–Kier alpha value is -2.46. The smallest absolute Gasteiger partial charge is 0.256 e. The summed E-state index contributed by atoms with van der Waals surface area (Å²) in [4.78, 5) is 19.6. The van der Waals surface area contributed by atoms with Crippen LogP contribution >= 0.6 is 0 Å². The molecule has 2 aromatic rings. The predicted molar refractivity (Wildman–Crippen MR) is 102 cm³/mol. The average molecular weight is 350 g/mol. The van der Waals surface area contributed by atoms with Crippen LogP contribution in [0.25, 0.3) is 0 Å². The standard InChI is InChI=1S/C22H26N2O2/c1-26-21(19-12-6-3-7-13-19)22(25)24(16-18-10-4-2-5-11-18)17-20-14-8-9-15-23-20/h2-4,6-9,12-15,18,21H,5,10-11,16-17H2,1H3/t18-,21-/m1/s1. The Morgan fingerprint density at radius 2 is 2.00 bits per heavy atom. The zero-order chi connectivity index (χ0) is 18.2. The van der Waals surface area contributed by atoms with Crippen molar-refractivity contribution in [2.45, 2.75) is 31.9 Å². The Kier molecular flexibility index (Phi) is 6.56. The van der Waals surface area contributed by atoms with Crippen molar-refractivity contribution in [2.24, 2.45) is 5.92 Å². The van der Waals surface area contributed by atoms with E-state index in [1.54, 1.807) is 13.3 Å². The Balaban J connectivity index is 1.80. The van der Waals surface area contributed by atoms with Gasteiger partial charge in [-0.05, 0) is 42.9 Å². The lowest BCUT2D eigenvalue weighted by molar-refractivity contribution is -0.144. The van der Waals surface area contributed by atoms with Gasteiger partial charge in [0.15, 0.2) is 6.10 Å². The number of rotatable bonds is 7. The highest BCUT2D eigenvalue weighted by Gasteiger charge is 2.28. The molecule has 0 aliphatic heterocycles. The van der Waals surface area contributed by atoms with Crippen molar-refractivity contribution in [2.75, 3.05) is 13.7 Å². The molecule has 136 valence electrons. The van der Waals surface area contributed by atoms with Gasteiger partial charge < -0.3 is 9.64 Å². The van der Waals surface area contributed by atoms with E-state index in [0.29, 0.717) is 12.5 Å². The molecule has 2 atom stereocenters. The minimum Gasteiger partial charge on any atom is -0.367 e. The molecule has 1 aliphatic rings. The monoisotopic (exact) mass is 350 g/mol. The van der Waals surface area contributed by atoms with Gasteiger partial charge in [-0.15, -0.1) is 0 Å². The third-order valence-corrected chi connectivity index (χ3v) is 4.81. The number of pyridine rings is 1. The maximum atomic E-state index is 13.3. The maximum Gasteiger partial charge on any atom is 0.256 e. The fourth-order valence-corrected chi connectivity index (χ4v) is 3.43. The first-order valence-electron chi connectivity index (χ1n) is 9.19. The molecule has 0 unspecified atom stereocenters. The van der Waals surface area contributed by atoms with E-state index in [-0.39, 0.29) is 5.91 Å². The van der Waals surface area contributed by atoms with Crippen molar-refractivity contribution in [1.29, 1.82) is 0 Å². The van der Waals surface area contributed by atoms with Gasteiger partial charge in [-0.1, -0.05) is 48.6 Å². The van der Waals surface area contributed by atoms with Crippen LogP contribution in [0.1, 0.15) is 36.6 Å². The molecule has 0 N–H and O–H groups in total. The van der Waals surface area contributed by atoms with Crippen LogP contribution in [0, 0.1) is 5.92 Å². The van der Waals surface area contributed by atoms with Gasteiger partial charge in [0.25, 0.3) is 5.91 Å². The normalized spacial score (nSPS) is 17.7. The van der Waals surface area contributed by atoms with E-state index in [0.717, 1.165) is 37.1 Å². The fourth-order valence-electron chi connectivity index (χ4n) is 3.43. The summed E-state index contributed by atoms with van der Waals surface area (Å²) in [5.41, 5.74) is 1.78. The molecule has 1 heterocycles. The number of benzene rings is 1. The van der Waals surface area contributed by atoms with Crippen molar-refractivity contribution in [3.63, 3.8) is 0 Å². The third kappa shape index (κ3) is 4.79. The Labute approximate surface area is 155 Å². The van der Waals surface area contributed by atoms with Crippen LogP contribution in [-0.2, 0) is 16.1 Å². The molecule has 1 aromatic carbocycles. The first-order valence-corrected chi connectivity index (χ1v) is 9.19. The number of allylic oxidation sites excluding steroid dienone is 2. The van der Waals surface area contributed by atoms with E-state index in [1.807, 2.05) is 53.4 Å². The average Bonchev–Trinajstić information content (AvgIpc) is 2.70. The minimum atomic E-state index is -0.584. The summed E-state index contributed by atoms with van der Waals surface area (Å²) < 4.78 is 5.58. The number of nitrogens with zero attached hydrogens (tertiary/aromatic N) is 2. The lowest BCUT2D eigenvalue weighted by Gasteiger charge is -2.31. The van der Waals surface area contributed by atoms with Gasteiger partial charge in [-0.2, -0.15) is 0 Å². The lowest BCUT2D eigenvalue weighted by Crippen LogP contribution is -2.39. The van der Waals surface area contributed by atoms with Crippen LogP contribution in [0.4, 0.5) is 0 Å². The van der Waals surface area contributed by atoms with Crippen molar-refractivity contribution >= 4 is 5.91 Å². The second-order valence-electron chi connectivity index (χ2n) is 6.72. The molecule has 3 rings (SSSR count). The van der Waals surface area contributed by atoms with Crippen LogP contribution in [0.3, 0.4) is 0 Å². The topological polar surface area (TPSA) is 42.4 Å². The van der Waals surface area contributed by atoms with E-state index in [2.05, 4.69) is 17.1 Å². The molecular formula is C22H26N2O2. The van der Waals surface area contributed by atoms with Crippen molar-refractivity contribution in [1.82, 2.24) is 9.88 Å². The van der Waals surface area contributed by atoms with E-state index in [9.17, 15) is 4.79 Å². The van der Waals surface area contributed by atoms with E-state index < -0.39 is 6.10 Å². The SMILES string of the molecule is CO[C@@H](C(=O)N(Cc1ccccn1)C[C@@H]1CC=CCC1)c1ccccc1. The van der Waals surface area contributed by atoms with E-state index >= 15 is 0 Å². The highest BCUT2D eigenvalue weighted by Crippen LogP contribution is 2.24. The third-order valence-electron chi connectivity index (χ3n) is 4.81. The Bertz CT molecular complexity index is 715. The summed E-state index contributed by atoms with van der Waals surface area (Å²) >= 11 is 0. The summed E-state index contributed by atoms with van der Waals surface area (Å²) in [6, 6.07) is 15.5. The molecule has 1 aliphatic carbocycles. The zero-order valence-electron chi connectivity index (χ0n) is 15.3. The number of hydrogen-bond donors (Lipinski definition) is 0. The van der Waals surface area contributed by atoms with Crippen LogP contribution in [0.15, 0.2) is 66.9 Å². The van der Waals surface area contributed by atoms with Gasteiger partial charge in [0, 0.05) is 19.9 Å². The summed E-state index contributed by atoms with van der Waals surface area (Å²) in [6.45, 7) is 1.24. The highest BCUT2D eigenvalue weighted by atomic mass is 16.5. The highest BCUT2D eigenvalue weighted by molar-refractivity contribution is 5.82. The predicted octanol–water partition coefficient (Wildman–Crippen LogP) is 4.15. The molecule has 0 fully saturated rings. The molecule has 0 bridgehead atoms. The van der Waals surface area contributed by atoms with Gasteiger partial charge in [0.1, 0.15) is 0 Å². The second kappa shape index (κ2) is 9.30. The van der Waals surface area contributed by atoms with E-state index in [1.165, 1.54) is 0 Å². The van der Waals surface area contributed by atoms with Crippen LogP contribution < -0.4 is 0 Å². The lowest BCUT2D eigenvalue weighted by atomic mass is 9.93. The summed E-state index contributed by atoms with van der Waals surface area (Å²) in [7, 11) is 1.60. The van der Waals surface area contributed by atoms with E-state index in [4.69, 9.17) is 4.74 Å². The maximum absolute atomic E-state index is 13.3. The summed E-state index contributed by atoms with van der Waals surface area (Å²) in [5.74, 6) is 0.486.